The highest BCUT2D eigenvalue weighted by Crippen LogP contribution is 2.44. The van der Waals surface area contributed by atoms with Crippen LogP contribution in [0.2, 0.25) is 30.1 Å². The summed E-state index contributed by atoms with van der Waals surface area (Å²) in [6.45, 7) is 0. The van der Waals surface area contributed by atoms with Crippen molar-refractivity contribution >= 4 is 115 Å². The van der Waals surface area contributed by atoms with Crippen LogP contribution in [0.5, 0.6) is 0 Å². The standard InChI is InChI=1S/C37H20Cl6N4/c38-18-4-1-5-19(39)32(18)35-26-12-10-24(44-26)25-11-13-27(45-25)36(33-20(40)6-2-7-21(33)41)29-15-17-31(47-29)37(30-16-14-28(35)46-30)34-22(42)8-3-9-23(34)43/h1-17,44,46-47H. The monoisotopic (exact) mass is 730 g/mol. The molecule has 7 aromatic rings. The number of nitrogens with one attached hydrogen (secondary N) is 3. The number of fused-ring (bicyclic) bond motifs is 9. The van der Waals surface area contributed by atoms with Gasteiger partial charge in [0.1, 0.15) is 0 Å². The van der Waals surface area contributed by atoms with Gasteiger partial charge >= 0.3 is 0 Å². The van der Waals surface area contributed by atoms with Gasteiger partial charge in [-0.1, -0.05) is 87.8 Å². The predicted molar refractivity (Wildman–Crippen MR) is 202 cm³/mol. The molecular weight excluding hydrogens is 713 g/mol. The summed E-state index contributed by atoms with van der Waals surface area (Å²) in [6.07, 6.45) is 3.92. The molecule has 0 unspecified atom stereocenters. The van der Waals surface area contributed by atoms with E-state index >= 15 is 0 Å². The van der Waals surface area contributed by atoms with E-state index in [-0.39, 0.29) is 0 Å². The van der Waals surface area contributed by atoms with Crippen LogP contribution in [0.3, 0.4) is 0 Å². The topological polar surface area (TPSA) is 60.3 Å². The smallest absolute Gasteiger partial charge is 0.0872 e. The Hall–Kier alpha value is -3.87. The summed E-state index contributed by atoms with van der Waals surface area (Å²) in [4.78, 5) is 15.9. The molecule has 0 aliphatic carbocycles. The Morgan fingerprint density at radius 2 is 0.617 bits per heavy atom. The molecule has 47 heavy (non-hydrogen) atoms. The van der Waals surface area contributed by atoms with Crippen molar-refractivity contribution in [2.75, 3.05) is 0 Å². The van der Waals surface area contributed by atoms with Crippen molar-refractivity contribution < 1.29 is 0 Å². The van der Waals surface area contributed by atoms with Crippen LogP contribution >= 0.6 is 69.6 Å². The van der Waals surface area contributed by atoms with Crippen molar-refractivity contribution in [3.63, 3.8) is 0 Å². The Morgan fingerprint density at radius 1 is 0.319 bits per heavy atom. The Morgan fingerprint density at radius 3 is 1.02 bits per heavy atom. The van der Waals surface area contributed by atoms with Crippen molar-refractivity contribution in [3.8, 4) is 33.4 Å². The molecule has 0 saturated carbocycles. The minimum Gasteiger partial charge on any atom is -0.354 e. The average Bonchev–Trinajstić information content (AvgIpc) is 3.86. The molecule has 8 bridgehead atoms. The lowest BCUT2D eigenvalue weighted by Crippen LogP contribution is -1.88. The fraction of sp³-hybridized carbons (Fsp3) is 0. The van der Waals surface area contributed by atoms with Crippen LogP contribution < -0.4 is 0 Å². The van der Waals surface area contributed by atoms with Crippen molar-refractivity contribution in [1.82, 2.24) is 19.9 Å². The van der Waals surface area contributed by atoms with Gasteiger partial charge < -0.3 is 15.0 Å². The van der Waals surface area contributed by atoms with Crippen LogP contribution in [-0.2, 0) is 0 Å². The van der Waals surface area contributed by atoms with Crippen molar-refractivity contribution in [3.05, 3.63) is 133 Å². The largest absolute Gasteiger partial charge is 0.354 e. The molecule has 0 saturated heterocycles. The lowest BCUT2D eigenvalue weighted by atomic mass is 10.0. The highest BCUT2D eigenvalue weighted by Gasteiger charge is 2.20. The third-order valence-corrected chi connectivity index (χ3v) is 10.1. The van der Waals surface area contributed by atoms with Crippen LogP contribution in [0.1, 0.15) is 11.4 Å². The molecule has 0 amide bonds. The van der Waals surface area contributed by atoms with E-state index in [9.17, 15) is 0 Å². The van der Waals surface area contributed by atoms with Crippen molar-refractivity contribution in [2.45, 2.75) is 0 Å². The number of hydrogen-bond donors (Lipinski definition) is 3. The van der Waals surface area contributed by atoms with E-state index in [0.717, 1.165) is 55.5 Å². The fourth-order valence-corrected chi connectivity index (χ4v) is 7.91. The second-order valence-corrected chi connectivity index (χ2v) is 13.4. The maximum absolute atomic E-state index is 6.88. The average molecular weight is 733 g/mol. The molecule has 4 nitrogen and oxygen atoms in total. The summed E-state index contributed by atoms with van der Waals surface area (Å²) in [6, 6.07) is 28.3. The van der Waals surface area contributed by atoms with E-state index < -0.39 is 0 Å². The number of aromatic nitrogens is 4. The first-order chi connectivity index (χ1) is 22.8. The lowest BCUT2D eigenvalue weighted by molar-refractivity contribution is 1.32. The summed E-state index contributed by atoms with van der Waals surface area (Å²) >= 11 is 41.1. The molecule has 3 aromatic carbocycles. The molecule has 0 fully saturated rings. The zero-order chi connectivity index (χ0) is 32.4. The van der Waals surface area contributed by atoms with E-state index in [1.165, 1.54) is 0 Å². The first kappa shape index (κ1) is 30.5. The molecule has 0 spiro atoms. The van der Waals surface area contributed by atoms with Crippen LogP contribution in [0.15, 0.2) is 91.0 Å². The number of rotatable bonds is 3. The first-order valence-electron chi connectivity index (χ1n) is 14.5. The van der Waals surface area contributed by atoms with Gasteiger partial charge in [-0.3, -0.25) is 0 Å². The maximum atomic E-state index is 6.88. The van der Waals surface area contributed by atoms with Gasteiger partial charge in [0.15, 0.2) is 0 Å². The van der Waals surface area contributed by atoms with Crippen molar-refractivity contribution in [2.24, 2.45) is 0 Å². The van der Waals surface area contributed by atoms with Crippen LogP contribution in [0, 0.1) is 0 Å². The molecule has 5 heterocycles. The Bertz CT molecular complexity index is 2500. The van der Waals surface area contributed by atoms with Gasteiger partial charge in [-0.15, -0.1) is 0 Å². The maximum Gasteiger partial charge on any atom is 0.0872 e. The Labute approximate surface area is 298 Å². The zero-order valence-electron chi connectivity index (χ0n) is 24.0. The highest BCUT2D eigenvalue weighted by atomic mass is 35.5. The predicted octanol–water partition coefficient (Wildman–Crippen LogP) is 13.6. The summed E-state index contributed by atoms with van der Waals surface area (Å²) in [5, 5.41) is 2.99. The van der Waals surface area contributed by atoms with Gasteiger partial charge in [0.2, 0.25) is 0 Å². The number of benzene rings is 3. The minimum absolute atomic E-state index is 0.491. The molecule has 1 aliphatic rings. The van der Waals surface area contributed by atoms with Crippen LogP contribution in [0.4, 0.5) is 0 Å². The second-order valence-electron chi connectivity index (χ2n) is 11.0. The van der Waals surface area contributed by atoms with Gasteiger partial charge in [-0.2, -0.15) is 0 Å². The quantitative estimate of drug-likeness (QED) is 0.166. The summed E-state index contributed by atoms with van der Waals surface area (Å²) in [7, 11) is 0. The first-order valence-corrected chi connectivity index (χ1v) is 16.7. The van der Waals surface area contributed by atoms with E-state index in [1.807, 2.05) is 103 Å². The molecular formula is C37H20Cl6N4. The molecule has 4 aromatic heterocycles. The third kappa shape index (κ3) is 5.21. The number of hydrogen-bond acceptors (Lipinski definition) is 1. The van der Waals surface area contributed by atoms with Gasteiger partial charge in [0.05, 0.1) is 47.0 Å². The molecule has 8 rings (SSSR count). The van der Waals surface area contributed by atoms with Crippen LogP contribution in [0.25, 0.3) is 78.6 Å². The fourth-order valence-electron chi connectivity index (χ4n) is 6.15. The zero-order valence-corrected chi connectivity index (χ0v) is 28.6. The van der Waals surface area contributed by atoms with Gasteiger partial charge in [0.25, 0.3) is 0 Å². The molecule has 230 valence electrons. The van der Waals surface area contributed by atoms with Crippen molar-refractivity contribution in [1.29, 1.82) is 0 Å². The highest BCUT2D eigenvalue weighted by molar-refractivity contribution is 6.41. The summed E-state index contributed by atoms with van der Waals surface area (Å²) in [5.74, 6) is 0. The summed E-state index contributed by atoms with van der Waals surface area (Å²) in [5.41, 5.74) is 10.3. The van der Waals surface area contributed by atoms with Gasteiger partial charge in [-0.05, 0) is 84.9 Å². The number of aromatic amines is 3. The number of halogens is 6. The van der Waals surface area contributed by atoms with Gasteiger partial charge in [-0.25, -0.2) is 4.98 Å². The van der Waals surface area contributed by atoms with E-state index in [4.69, 9.17) is 74.6 Å². The second kappa shape index (κ2) is 12.0. The van der Waals surface area contributed by atoms with E-state index in [2.05, 4.69) is 15.0 Å². The molecule has 3 N–H and O–H groups in total. The third-order valence-electron chi connectivity index (χ3n) is 8.22. The Balaban J connectivity index is 1.62. The number of nitrogens with zero attached hydrogens (tertiary/aromatic N) is 1. The molecule has 10 heteroatoms. The molecule has 0 atom stereocenters. The number of H-pyrrole nitrogens is 3. The summed E-state index contributed by atoms with van der Waals surface area (Å²) < 4.78 is 0. The Kier molecular flexibility index (Phi) is 7.76. The normalized spacial score (nSPS) is 12.0. The lowest BCUT2D eigenvalue weighted by Gasteiger charge is -2.10. The van der Waals surface area contributed by atoms with E-state index in [0.29, 0.717) is 52.5 Å². The molecule has 1 aliphatic heterocycles. The van der Waals surface area contributed by atoms with Gasteiger partial charge in [0, 0.05) is 61.0 Å². The molecule has 0 radical (unpaired) electrons. The SMILES string of the molecule is Clc1cccc(Cl)c1-c1c2nc(c3ccc([nH]3)c(-c3c(Cl)cccc3Cl)c3ccc([nH]3)c(-c3c(Cl)cccc3Cl)c3ccc1[nH]3)C=C2. The minimum atomic E-state index is 0.491. The van der Waals surface area contributed by atoms with E-state index in [1.54, 1.807) is 0 Å². The van der Waals surface area contributed by atoms with Crippen LogP contribution in [-0.4, -0.2) is 19.9 Å².